The average molecular weight is 215 g/mol. The average Bonchev–Trinajstić information content (AvgIpc) is 2.24. The van der Waals surface area contributed by atoms with Gasteiger partial charge in [-0.25, -0.2) is 0 Å². The van der Waals surface area contributed by atoms with Crippen molar-refractivity contribution in [2.45, 2.75) is 13.5 Å². The number of nitrogens with zero attached hydrogens (tertiary/aromatic N) is 2. The largest absolute Gasteiger partial charge is 0.398 e. The smallest absolute Gasteiger partial charge is 0.250 e. The van der Waals surface area contributed by atoms with E-state index in [-0.39, 0.29) is 5.56 Å². The van der Waals surface area contributed by atoms with Crippen molar-refractivity contribution in [3.8, 4) is 0 Å². The summed E-state index contributed by atoms with van der Waals surface area (Å²) >= 11 is 0. The zero-order valence-electron chi connectivity index (χ0n) is 9.05. The molecule has 0 aliphatic heterocycles. The maximum atomic E-state index is 11.5. The van der Waals surface area contributed by atoms with Crippen LogP contribution in [0.25, 0.3) is 0 Å². The minimum atomic E-state index is -0.0595. The lowest BCUT2D eigenvalue weighted by atomic mass is 10.2. The second kappa shape index (κ2) is 4.18. The summed E-state index contributed by atoms with van der Waals surface area (Å²) in [5.74, 6) is 0. The van der Waals surface area contributed by atoms with Gasteiger partial charge in [-0.3, -0.25) is 9.78 Å². The van der Waals surface area contributed by atoms with Crippen LogP contribution < -0.4 is 11.3 Å². The molecule has 0 saturated carbocycles. The third-order valence-electron chi connectivity index (χ3n) is 2.29. The number of pyridine rings is 2. The van der Waals surface area contributed by atoms with E-state index >= 15 is 0 Å². The molecule has 0 aliphatic rings. The number of aromatic nitrogens is 2. The maximum Gasteiger partial charge on any atom is 0.250 e. The zero-order valence-corrected chi connectivity index (χ0v) is 9.05. The zero-order chi connectivity index (χ0) is 11.5. The van der Waals surface area contributed by atoms with Crippen molar-refractivity contribution < 1.29 is 0 Å². The van der Waals surface area contributed by atoms with Gasteiger partial charge in [0.05, 0.1) is 6.54 Å². The molecule has 0 fully saturated rings. The monoisotopic (exact) mass is 215 g/mol. The highest BCUT2D eigenvalue weighted by Crippen LogP contribution is 2.04. The van der Waals surface area contributed by atoms with Crippen LogP contribution in [0.3, 0.4) is 0 Å². The highest BCUT2D eigenvalue weighted by molar-refractivity contribution is 5.33. The summed E-state index contributed by atoms with van der Waals surface area (Å²) in [6, 6.07) is 5.08. The van der Waals surface area contributed by atoms with Gasteiger partial charge >= 0.3 is 0 Å². The minimum Gasteiger partial charge on any atom is -0.398 e. The van der Waals surface area contributed by atoms with Crippen LogP contribution in [0.1, 0.15) is 11.1 Å². The first-order chi connectivity index (χ1) is 7.65. The number of anilines is 1. The molecular weight excluding hydrogens is 202 g/mol. The van der Waals surface area contributed by atoms with E-state index in [1.54, 1.807) is 29.2 Å². The number of hydrogen-bond acceptors (Lipinski definition) is 3. The molecule has 16 heavy (non-hydrogen) atoms. The van der Waals surface area contributed by atoms with Gasteiger partial charge in [-0.1, -0.05) is 6.07 Å². The molecule has 4 nitrogen and oxygen atoms in total. The SMILES string of the molecule is Cc1cncc(Cn2cc(N)ccc2=O)c1. The summed E-state index contributed by atoms with van der Waals surface area (Å²) in [5.41, 5.74) is 8.23. The summed E-state index contributed by atoms with van der Waals surface area (Å²) < 4.78 is 1.58. The molecule has 0 atom stereocenters. The van der Waals surface area contributed by atoms with E-state index in [0.29, 0.717) is 12.2 Å². The molecule has 0 aliphatic carbocycles. The van der Waals surface area contributed by atoms with E-state index in [1.165, 1.54) is 6.07 Å². The molecule has 2 N–H and O–H groups in total. The second-order valence-electron chi connectivity index (χ2n) is 3.80. The van der Waals surface area contributed by atoms with E-state index < -0.39 is 0 Å². The lowest BCUT2D eigenvalue weighted by molar-refractivity contribution is 0.757. The Morgan fingerprint density at radius 3 is 2.94 bits per heavy atom. The van der Waals surface area contributed by atoms with Crippen molar-refractivity contribution in [2.24, 2.45) is 0 Å². The fourth-order valence-corrected chi connectivity index (χ4v) is 1.57. The van der Waals surface area contributed by atoms with Gasteiger partial charge < -0.3 is 10.3 Å². The Morgan fingerprint density at radius 2 is 2.19 bits per heavy atom. The Balaban J connectivity index is 2.34. The van der Waals surface area contributed by atoms with Gasteiger partial charge in [0.2, 0.25) is 0 Å². The van der Waals surface area contributed by atoms with Gasteiger partial charge in [-0.15, -0.1) is 0 Å². The topological polar surface area (TPSA) is 60.9 Å². The molecule has 0 aromatic carbocycles. The molecule has 0 saturated heterocycles. The number of nitrogens with two attached hydrogens (primary N) is 1. The third-order valence-corrected chi connectivity index (χ3v) is 2.29. The molecule has 0 bridgehead atoms. The van der Waals surface area contributed by atoms with Gasteiger partial charge in [0.25, 0.3) is 5.56 Å². The van der Waals surface area contributed by atoms with E-state index in [2.05, 4.69) is 4.98 Å². The predicted molar refractivity (Wildman–Crippen MR) is 63.2 cm³/mol. The first-order valence-corrected chi connectivity index (χ1v) is 5.01. The van der Waals surface area contributed by atoms with Gasteiger partial charge in [0.1, 0.15) is 0 Å². The quantitative estimate of drug-likeness (QED) is 0.818. The highest BCUT2D eigenvalue weighted by Gasteiger charge is 1.99. The first kappa shape index (κ1) is 10.4. The van der Waals surface area contributed by atoms with Crippen molar-refractivity contribution in [1.29, 1.82) is 0 Å². The normalized spacial score (nSPS) is 10.3. The number of aryl methyl sites for hydroxylation is 1. The molecule has 0 unspecified atom stereocenters. The molecule has 82 valence electrons. The lowest BCUT2D eigenvalue weighted by Crippen LogP contribution is -2.19. The van der Waals surface area contributed by atoms with Crippen molar-refractivity contribution in [3.63, 3.8) is 0 Å². The van der Waals surface area contributed by atoms with E-state index in [9.17, 15) is 4.79 Å². The molecule has 2 heterocycles. The number of rotatable bonds is 2. The molecule has 2 aromatic rings. The number of hydrogen-bond donors (Lipinski definition) is 1. The van der Waals surface area contributed by atoms with Crippen LogP contribution in [0.4, 0.5) is 5.69 Å². The Bertz CT molecular complexity index is 560. The molecule has 0 spiro atoms. The van der Waals surface area contributed by atoms with Gasteiger partial charge in [0, 0.05) is 30.3 Å². The van der Waals surface area contributed by atoms with Crippen LogP contribution in [0.15, 0.2) is 41.6 Å². The number of nitrogen functional groups attached to an aromatic ring is 1. The van der Waals surface area contributed by atoms with Crippen LogP contribution in [-0.2, 0) is 6.54 Å². The Labute approximate surface area is 93.4 Å². The maximum absolute atomic E-state index is 11.5. The van der Waals surface area contributed by atoms with Crippen LogP contribution in [0.2, 0.25) is 0 Å². The lowest BCUT2D eigenvalue weighted by Gasteiger charge is -2.06. The van der Waals surface area contributed by atoms with Crippen molar-refractivity contribution in [3.05, 3.63) is 58.3 Å². The van der Waals surface area contributed by atoms with Gasteiger partial charge in [-0.05, 0) is 24.1 Å². The third kappa shape index (κ3) is 2.28. The molecule has 4 heteroatoms. The van der Waals surface area contributed by atoms with Crippen LogP contribution in [0, 0.1) is 6.92 Å². The Kier molecular flexibility index (Phi) is 2.72. The van der Waals surface area contributed by atoms with E-state index in [1.807, 2.05) is 13.0 Å². The summed E-state index contributed by atoms with van der Waals surface area (Å²) in [7, 11) is 0. The Morgan fingerprint density at radius 1 is 1.38 bits per heavy atom. The fourth-order valence-electron chi connectivity index (χ4n) is 1.57. The summed E-state index contributed by atoms with van der Waals surface area (Å²) in [6.45, 7) is 2.47. The fraction of sp³-hybridized carbons (Fsp3) is 0.167. The second-order valence-corrected chi connectivity index (χ2v) is 3.80. The molecule has 2 aromatic heterocycles. The molecular formula is C12H13N3O. The van der Waals surface area contributed by atoms with Crippen molar-refractivity contribution in [1.82, 2.24) is 9.55 Å². The standard InChI is InChI=1S/C12H13N3O/c1-9-4-10(6-14-5-9)7-15-8-11(13)2-3-12(15)16/h2-6,8H,7,13H2,1H3. The van der Waals surface area contributed by atoms with Crippen molar-refractivity contribution in [2.75, 3.05) is 5.73 Å². The van der Waals surface area contributed by atoms with Crippen molar-refractivity contribution >= 4 is 5.69 Å². The first-order valence-electron chi connectivity index (χ1n) is 5.01. The minimum absolute atomic E-state index is 0.0595. The van der Waals surface area contributed by atoms with Crippen LogP contribution in [-0.4, -0.2) is 9.55 Å². The molecule has 0 radical (unpaired) electrons. The Hall–Kier alpha value is -2.10. The van der Waals surface area contributed by atoms with Crippen LogP contribution in [0.5, 0.6) is 0 Å². The molecule has 2 rings (SSSR count). The van der Waals surface area contributed by atoms with Gasteiger partial charge in [-0.2, -0.15) is 0 Å². The van der Waals surface area contributed by atoms with Gasteiger partial charge in [0.15, 0.2) is 0 Å². The molecule has 0 amide bonds. The van der Waals surface area contributed by atoms with E-state index in [4.69, 9.17) is 5.73 Å². The summed E-state index contributed by atoms with van der Waals surface area (Å²) in [4.78, 5) is 15.6. The summed E-state index contributed by atoms with van der Waals surface area (Å²) in [5, 5.41) is 0. The van der Waals surface area contributed by atoms with Crippen LogP contribution >= 0.6 is 0 Å². The summed E-state index contributed by atoms with van der Waals surface area (Å²) in [6.07, 6.45) is 5.18. The van der Waals surface area contributed by atoms with E-state index in [0.717, 1.165) is 11.1 Å². The highest BCUT2D eigenvalue weighted by atomic mass is 16.1. The predicted octanol–water partition coefficient (Wildman–Crippen LogP) is 1.18.